The molecule has 0 bridgehead atoms. The summed E-state index contributed by atoms with van der Waals surface area (Å²) in [5.41, 5.74) is 1.95. The summed E-state index contributed by atoms with van der Waals surface area (Å²) in [6.07, 6.45) is 0. The Morgan fingerprint density at radius 2 is 1.80 bits per heavy atom. The van der Waals surface area contributed by atoms with Crippen LogP contribution in [0.1, 0.15) is 32.2 Å². The smallest absolute Gasteiger partial charge is 0.254 e. The van der Waals surface area contributed by atoms with E-state index in [4.69, 9.17) is 13.9 Å². The van der Waals surface area contributed by atoms with Crippen LogP contribution >= 0.6 is 0 Å². The number of hydrogen-bond acceptors (Lipinski definition) is 5. The molecule has 1 heterocycles. The number of benzene rings is 2. The minimum absolute atomic E-state index is 0.00279. The molecule has 5 heteroatoms. The molecule has 3 rings (SSSR count). The van der Waals surface area contributed by atoms with Gasteiger partial charge in [-0.05, 0) is 35.2 Å². The van der Waals surface area contributed by atoms with Crippen LogP contribution in [0.25, 0.3) is 11.5 Å². The molecule has 0 aliphatic heterocycles. The van der Waals surface area contributed by atoms with Gasteiger partial charge in [-0.25, -0.2) is 0 Å². The molecule has 0 aliphatic carbocycles. The Labute approximate surface area is 147 Å². The van der Waals surface area contributed by atoms with E-state index < -0.39 is 0 Å². The van der Waals surface area contributed by atoms with E-state index >= 15 is 0 Å². The standard InChI is InChI=1S/C20H22N2O3/c1-20(2,3)16-10-5-6-11-17(16)24-13-18-21-22-19(25-18)14-8-7-9-15(12-14)23-4/h5-12H,13H2,1-4H3. The first-order valence-electron chi connectivity index (χ1n) is 8.16. The number of para-hydroxylation sites is 1. The predicted octanol–water partition coefficient (Wildman–Crippen LogP) is 4.62. The van der Waals surface area contributed by atoms with Crippen molar-refractivity contribution in [1.82, 2.24) is 10.2 Å². The molecule has 1 aromatic heterocycles. The van der Waals surface area contributed by atoms with E-state index in [0.717, 1.165) is 22.6 Å². The van der Waals surface area contributed by atoms with Crippen LogP contribution in [-0.2, 0) is 12.0 Å². The second-order valence-corrected chi connectivity index (χ2v) is 6.77. The summed E-state index contributed by atoms with van der Waals surface area (Å²) < 4.78 is 16.9. The topological polar surface area (TPSA) is 57.4 Å². The Balaban J connectivity index is 1.75. The summed E-state index contributed by atoms with van der Waals surface area (Å²) >= 11 is 0. The van der Waals surface area contributed by atoms with Crippen molar-refractivity contribution in [3.8, 4) is 23.0 Å². The first kappa shape index (κ1) is 17.0. The average molecular weight is 338 g/mol. The van der Waals surface area contributed by atoms with Gasteiger partial charge in [0.25, 0.3) is 5.89 Å². The fraction of sp³-hybridized carbons (Fsp3) is 0.300. The van der Waals surface area contributed by atoms with Gasteiger partial charge in [-0.1, -0.05) is 45.0 Å². The van der Waals surface area contributed by atoms with Gasteiger partial charge in [-0.2, -0.15) is 0 Å². The highest BCUT2D eigenvalue weighted by molar-refractivity contribution is 5.55. The van der Waals surface area contributed by atoms with Gasteiger partial charge in [-0.3, -0.25) is 0 Å². The molecule has 3 aromatic rings. The van der Waals surface area contributed by atoms with Gasteiger partial charge >= 0.3 is 0 Å². The predicted molar refractivity (Wildman–Crippen MR) is 95.8 cm³/mol. The number of ether oxygens (including phenoxy) is 2. The lowest BCUT2D eigenvalue weighted by atomic mass is 9.86. The fourth-order valence-corrected chi connectivity index (χ4v) is 2.54. The minimum Gasteiger partial charge on any atom is -0.497 e. The quantitative estimate of drug-likeness (QED) is 0.679. The van der Waals surface area contributed by atoms with Crippen molar-refractivity contribution in [2.75, 3.05) is 7.11 Å². The Bertz CT molecular complexity index is 850. The summed E-state index contributed by atoms with van der Waals surface area (Å²) in [5, 5.41) is 8.17. The summed E-state index contributed by atoms with van der Waals surface area (Å²) in [6.45, 7) is 6.69. The minimum atomic E-state index is -0.00279. The van der Waals surface area contributed by atoms with Crippen LogP contribution in [0.15, 0.2) is 52.9 Å². The molecule has 0 fully saturated rings. The van der Waals surface area contributed by atoms with Crippen molar-refractivity contribution >= 4 is 0 Å². The SMILES string of the molecule is COc1cccc(-c2nnc(COc3ccccc3C(C)(C)C)o2)c1. The zero-order chi connectivity index (χ0) is 17.9. The van der Waals surface area contributed by atoms with Crippen molar-refractivity contribution in [3.63, 3.8) is 0 Å². The maximum Gasteiger partial charge on any atom is 0.254 e. The molecule has 0 aliphatic rings. The highest BCUT2D eigenvalue weighted by Gasteiger charge is 2.19. The molecule has 0 atom stereocenters. The molecule has 2 aromatic carbocycles. The number of hydrogen-bond donors (Lipinski definition) is 0. The molecule has 0 radical (unpaired) electrons. The maximum absolute atomic E-state index is 5.92. The van der Waals surface area contributed by atoms with E-state index in [-0.39, 0.29) is 12.0 Å². The Hall–Kier alpha value is -2.82. The summed E-state index contributed by atoms with van der Waals surface area (Å²) in [5.74, 6) is 2.45. The summed E-state index contributed by atoms with van der Waals surface area (Å²) in [4.78, 5) is 0. The largest absolute Gasteiger partial charge is 0.497 e. The molecule has 0 N–H and O–H groups in total. The van der Waals surface area contributed by atoms with Crippen molar-refractivity contribution in [2.45, 2.75) is 32.8 Å². The van der Waals surface area contributed by atoms with E-state index in [9.17, 15) is 0 Å². The zero-order valence-corrected chi connectivity index (χ0v) is 14.9. The zero-order valence-electron chi connectivity index (χ0n) is 14.9. The molecular weight excluding hydrogens is 316 g/mol. The Kier molecular flexibility index (Phi) is 4.74. The monoisotopic (exact) mass is 338 g/mol. The third-order valence-corrected chi connectivity index (χ3v) is 3.83. The molecule has 130 valence electrons. The lowest BCUT2D eigenvalue weighted by molar-refractivity contribution is 0.258. The second-order valence-electron chi connectivity index (χ2n) is 6.77. The van der Waals surface area contributed by atoms with E-state index in [0.29, 0.717) is 11.8 Å². The number of aromatic nitrogens is 2. The molecule has 0 saturated carbocycles. The van der Waals surface area contributed by atoms with Gasteiger partial charge in [0.2, 0.25) is 5.89 Å². The van der Waals surface area contributed by atoms with Gasteiger partial charge in [0.1, 0.15) is 11.5 Å². The van der Waals surface area contributed by atoms with Crippen LogP contribution in [0.2, 0.25) is 0 Å². The Morgan fingerprint density at radius 1 is 1.00 bits per heavy atom. The van der Waals surface area contributed by atoms with E-state index in [1.165, 1.54) is 0 Å². The molecule has 25 heavy (non-hydrogen) atoms. The van der Waals surface area contributed by atoms with Crippen molar-refractivity contribution in [1.29, 1.82) is 0 Å². The number of methoxy groups -OCH3 is 1. The van der Waals surface area contributed by atoms with Crippen LogP contribution in [0.4, 0.5) is 0 Å². The lowest BCUT2D eigenvalue weighted by Crippen LogP contribution is -2.13. The molecule has 0 saturated heterocycles. The summed E-state index contributed by atoms with van der Waals surface area (Å²) in [7, 11) is 1.62. The van der Waals surface area contributed by atoms with Crippen LogP contribution in [0.3, 0.4) is 0 Å². The normalized spacial score (nSPS) is 11.4. The van der Waals surface area contributed by atoms with E-state index in [1.807, 2.05) is 42.5 Å². The van der Waals surface area contributed by atoms with Crippen LogP contribution in [0.5, 0.6) is 11.5 Å². The maximum atomic E-state index is 5.92. The lowest BCUT2D eigenvalue weighted by Gasteiger charge is -2.22. The van der Waals surface area contributed by atoms with E-state index in [2.05, 4.69) is 37.0 Å². The van der Waals surface area contributed by atoms with Gasteiger partial charge in [0, 0.05) is 5.56 Å². The van der Waals surface area contributed by atoms with Crippen molar-refractivity contribution in [3.05, 3.63) is 60.0 Å². The van der Waals surface area contributed by atoms with Gasteiger partial charge in [0.15, 0.2) is 6.61 Å². The highest BCUT2D eigenvalue weighted by Crippen LogP contribution is 2.31. The second kappa shape index (κ2) is 6.97. The Morgan fingerprint density at radius 3 is 2.56 bits per heavy atom. The van der Waals surface area contributed by atoms with Crippen LogP contribution in [0, 0.1) is 0 Å². The molecule has 5 nitrogen and oxygen atoms in total. The van der Waals surface area contributed by atoms with Crippen molar-refractivity contribution < 1.29 is 13.9 Å². The highest BCUT2D eigenvalue weighted by atomic mass is 16.5. The molecule has 0 amide bonds. The first-order chi connectivity index (χ1) is 12.0. The van der Waals surface area contributed by atoms with E-state index in [1.54, 1.807) is 7.11 Å². The number of rotatable bonds is 5. The third kappa shape index (κ3) is 3.99. The van der Waals surface area contributed by atoms with Gasteiger partial charge in [-0.15, -0.1) is 10.2 Å². The first-order valence-corrected chi connectivity index (χ1v) is 8.16. The molecule has 0 spiro atoms. The van der Waals surface area contributed by atoms with Gasteiger partial charge in [0.05, 0.1) is 7.11 Å². The number of nitrogens with zero attached hydrogens (tertiary/aromatic N) is 2. The third-order valence-electron chi connectivity index (χ3n) is 3.83. The fourth-order valence-electron chi connectivity index (χ4n) is 2.54. The van der Waals surface area contributed by atoms with Crippen molar-refractivity contribution in [2.24, 2.45) is 0 Å². The summed E-state index contributed by atoms with van der Waals surface area (Å²) in [6, 6.07) is 15.5. The van der Waals surface area contributed by atoms with Gasteiger partial charge < -0.3 is 13.9 Å². The molecular formula is C20H22N2O3. The average Bonchev–Trinajstić information content (AvgIpc) is 3.08. The molecule has 0 unspecified atom stereocenters. The van der Waals surface area contributed by atoms with Crippen LogP contribution < -0.4 is 9.47 Å². The van der Waals surface area contributed by atoms with Crippen LogP contribution in [-0.4, -0.2) is 17.3 Å².